The quantitative estimate of drug-likeness (QED) is 0.489. The van der Waals surface area contributed by atoms with Gasteiger partial charge in [0.15, 0.2) is 0 Å². The van der Waals surface area contributed by atoms with Gasteiger partial charge in [0.25, 0.3) is 0 Å². The first kappa shape index (κ1) is 21.0. The number of hydrogen-bond acceptors (Lipinski definition) is 8. The van der Waals surface area contributed by atoms with Gasteiger partial charge in [0.05, 0.1) is 18.1 Å². The Bertz CT molecular complexity index is 1020. The molecular weight excluding hydrogens is 390 g/mol. The Morgan fingerprint density at radius 3 is 2.39 bits per heavy atom. The lowest BCUT2D eigenvalue weighted by molar-refractivity contribution is 0.170. The standard InChI is InChI=1S/C23H29N7O/c1-22(2)11-17(12-23(3,4)30-22)27-21-25-14-19(28-29-21)18-8-7-15(10-20(18)31)26-16-6-5-9-24-13-16/h5-10,13-14,17,26,30-31H,11-12H2,1-4H3,(H,25,27,29). The SMILES string of the molecule is CC1(C)CC(Nc2ncc(-c3ccc(Nc4cccnc4)cc3O)nn2)CC(C)(C)N1. The summed E-state index contributed by atoms with van der Waals surface area (Å²) in [5, 5.41) is 29.3. The number of anilines is 3. The molecule has 0 radical (unpaired) electrons. The second kappa shape index (κ2) is 8.11. The zero-order valence-corrected chi connectivity index (χ0v) is 18.3. The molecule has 31 heavy (non-hydrogen) atoms. The van der Waals surface area contributed by atoms with Crippen LogP contribution >= 0.6 is 0 Å². The van der Waals surface area contributed by atoms with Crippen molar-refractivity contribution in [2.45, 2.75) is 57.7 Å². The third-order valence-electron chi connectivity index (χ3n) is 5.31. The third-order valence-corrected chi connectivity index (χ3v) is 5.31. The fourth-order valence-electron chi connectivity index (χ4n) is 4.50. The lowest BCUT2D eigenvalue weighted by Crippen LogP contribution is -2.60. The Hall–Kier alpha value is -3.26. The molecule has 1 fully saturated rings. The van der Waals surface area contributed by atoms with Crippen LogP contribution in [0.15, 0.2) is 48.9 Å². The van der Waals surface area contributed by atoms with E-state index in [9.17, 15) is 5.11 Å². The fraction of sp³-hybridized carbons (Fsp3) is 0.391. The molecule has 0 atom stereocenters. The maximum absolute atomic E-state index is 10.5. The minimum absolute atomic E-state index is 0.0319. The maximum atomic E-state index is 10.5. The Kier molecular flexibility index (Phi) is 5.49. The van der Waals surface area contributed by atoms with Crippen molar-refractivity contribution >= 4 is 17.3 Å². The average molecular weight is 420 g/mol. The smallest absolute Gasteiger partial charge is 0.242 e. The number of aromatic nitrogens is 4. The molecule has 1 saturated heterocycles. The summed E-state index contributed by atoms with van der Waals surface area (Å²) >= 11 is 0. The highest BCUT2D eigenvalue weighted by Gasteiger charge is 2.37. The number of piperidine rings is 1. The van der Waals surface area contributed by atoms with E-state index in [2.05, 4.69) is 63.8 Å². The van der Waals surface area contributed by atoms with E-state index in [1.54, 1.807) is 30.7 Å². The molecule has 1 aromatic carbocycles. The molecule has 0 aliphatic carbocycles. The number of rotatable bonds is 5. The van der Waals surface area contributed by atoms with E-state index in [1.807, 2.05) is 18.2 Å². The molecule has 2 aromatic heterocycles. The van der Waals surface area contributed by atoms with Crippen molar-refractivity contribution in [3.8, 4) is 17.0 Å². The summed E-state index contributed by atoms with van der Waals surface area (Å²) in [6.07, 6.45) is 7.00. The normalized spacial score (nSPS) is 17.8. The van der Waals surface area contributed by atoms with Crippen LogP contribution in [0.25, 0.3) is 11.3 Å². The number of phenolic OH excluding ortho intramolecular Hbond substituents is 1. The van der Waals surface area contributed by atoms with Gasteiger partial charge in [0, 0.05) is 40.6 Å². The number of phenols is 1. The van der Waals surface area contributed by atoms with E-state index in [4.69, 9.17) is 0 Å². The number of pyridine rings is 1. The maximum Gasteiger partial charge on any atom is 0.242 e. The summed E-state index contributed by atoms with van der Waals surface area (Å²) in [6.45, 7) is 8.83. The predicted octanol–water partition coefficient (Wildman–Crippen LogP) is 4.10. The summed E-state index contributed by atoms with van der Waals surface area (Å²) < 4.78 is 0. The molecule has 4 N–H and O–H groups in total. The molecule has 1 aliphatic heterocycles. The van der Waals surface area contributed by atoms with Crippen molar-refractivity contribution < 1.29 is 5.11 Å². The zero-order valence-electron chi connectivity index (χ0n) is 18.3. The predicted molar refractivity (Wildman–Crippen MR) is 122 cm³/mol. The van der Waals surface area contributed by atoms with E-state index in [0.29, 0.717) is 17.2 Å². The van der Waals surface area contributed by atoms with Gasteiger partial charge < -0.3 is 21.1 Å². The van der Waals surface area contributed by atoms with Crippen LogP contribution < -0.4 is 16.0 Å². The van der Waals surface area contributed by atoms with Crippen LogP contribution in [0, 0.1) is 0 Å². The highest BCUT2D eigenvalue weighted by Crippen LogP contribution is 2.32. The van der Waals surface area contributed by atoms with Crippen LogP contribution in [0.2, 0.25) is 0 Å². The molecule has 3 heterocycles. The molecule has 0 amide bonds. The van der Waals surface area contributed by atoms with Gasteiger partial charge in [-0.15, -0.1) is 10.2 Å². The highest BCUT2D eigenvalue weighted by molar-refractivity contribution is 5.71. The summed E-state index contributed by atoms with van der Waals surface area (Å²) in [4.78, 5) is 8.51. The summed E-state index contributed by atoms with van der Waals surface area (Å²) in [6, 6.07) is 9.32. The monoisotopic (exact) mass is 419 g/mol. The van der Waals surface area contributed by atoms with Gasteiger partial charge in [-0.1, -0.05) is 0 Å². The largest absolute Gasteiger partial charge is 0.507 e. The van der Waals surface area contributed by atoms with E-state index in [1.165, 1.54) is 0 Å². The first-order valence-corrected chi connectivity index (χ1v) is 10.5. The van der Waals surface area contributed by atoms with Gasteiger partial charge in [-0.25, -0.2) is 4.98 Å². The van der Waals surface area contributed by atoms with Gasteiger partial charge in [-0.3, -0.25) is 4.98 Å². The van der Waals surface area contributed by atoms with Gasteiger partial charge in [0.1, 0.15) is 11.4 Å². The van der Waals surface area contributed by atoms with Crippen molar-refractivity contribution in [2.75, 3.05) is 10.6 Å². The van der Waals surface area contributed by atoms with Crippen molar-refractivity contribution in [3.05, 3.63) is 48.9 Å². The average Bonchev–Trinajstić information content (AvgIpc) is 2.67. The van der Waals surface area contributed by atoms with Gasteiger partial charge in [-0.05, 0) is 64.8 Å². The van der Waals surface area contributed by atoms with E-state index >= 15 is 0 Å². The molecule has 0 saturated carbocycles. The number of benzene rings is 1. The van der Waals surface area contributed by atoms with Crippen molar-refractivity contribution in [2.24, 2.45) is 0 Å². The van der Waals surface area contributed by atoms with Crippen molar-refractivity contribution in [1.29, 1.82) is 0 Å². The summed E-state index contributed by atoms with van der Waals surface area (Å²) in [5.74, 6) is 0.601. The Morgan fingerprint density at radius 1 is 1.00 bits per heavy atom. The van der Waals surface area contributed by atoms with Crippen LogP contribution in [-0.4, -0.2) is 42.4 Å². The summed E-state index contributed by atoms with van der Waals surface area (Å²) in [7, 11) is 0. The van der Waals surface area contributed by atoms with Crippen LogP contribution in [0.4, 0.5) is 17.3 Å². The van der Waals surface area contributed by atoms with Gasteiger partial charge in [0.2, 0.25) is 5.95 Å². The number of nitrogens with zero attached hydrogens (tertiary/aromatic N) is 4. The minimum atomic E-state index is 0.0319. The first-order chi connectivity index (χ1) is 14.7. The minimum Gasteiger partial charge on any atom is -0.507 e. The Balaban J connectivity index is 1.45. The van der Waals surface area contributed by atoms with Crippen molar-refractivity contribution in [3.63, 3.8) is 0 Å². The lowest BCUT2D eigenvalue weighted by Gasteiger charge is -2.46. The van der Waals surface area contributed by atoms with Crippen LogP contribution in [0.5, 0.6) is 5.75 Å². The first-order valence-electron chi connectivity index (χ1n) is 10.5. The van der Waals surface area contributed by atoms with Crippen LogP contribution in [0.3, 0.4) is 0 Å². The molecule has 0 unspecified atom stereocenters. The molecule has 8 nitrogen and oxygen atoms in total. The fourth-order valence-corrected chi connectivity index (χ4v) is 4.50. The molecule has 8 heteroatoms. The van der Waals surface area contributed by atoms with Gasteiger partial charge in [-0.2, -0.15) is 0 Å². The van der Waals surface area contributed by atoms with Crippen LogP contribution in [0.1, 0.15) is 40.5 Å². The second-order valence-electron chi connectivity index (χ2n) is 9.41. The summed E-state index contributed by atoms with van der Waals surface area (Å²) in [5.41, 5.74) is 2.75. The molecular formula is C23H29N7O. The highest BCUT2D eigenvalue weighted by atomic mass is 16.3. The second-order valence-corrected chi connectivity index (χ2v) is 9.41. The molecule has 3 aromatic rings. The molecule has 1 aliphatic rings. The Morgan fingerprint density at radius 2 is 1.77 bits per heavy atom. The van der Waals surface area contributed by atoms with Crippen molar-refractivity contribution in [1.82, 2.24) is 25.5 Å². The molecule has 4 rings (SSSR count). The number of aromatic hydroxyl groups is 1. The lowest BCUT2D eigenvalue weighted by atomic mass is 9.80. The third kappa shape index (κ3) is 5.27. The number of nitrogens with one attached hydrogen (secondary N) is 3. The zero-order chi connectivity index (χ0) is 22.1. The van der Waals surface area contributed by atoms with E-state index < -0.39 is 0 Å². The molecule has 162 valence electrons. The van der Waals surface area contributed by atoms with Gasteiger partial charge >= 0.3 is 0 Å². The number of hydrogen-bond donors (Lipinski definition) is 4. The van der Waals surface area contributed by atoms with E-state index in [0.717, 1.165) is 24.2 Å². The van der Waals surface area contributed by atoms with Crippen LogP contribution in [-0.2, 0) is 0 Å². The molecule has 0 spiro atoms. The molecule has 0 bridgehead atoms. The topological polar surface area (TPSA) is 108 Å². The van der Waals surface area contributed by atoms with E-state index in [-0.39, 0.29) is 22.9 Å². The Labute approximate surface area is 182 Å².